The van der Waals surface area contributed by atoms with Gasteiger partial charge >= 0.3 is 5.97 Å². The Kier molecular flexibility index (Phi) is 6.30. The molecule has 0 unspecified atom stereocenters. The van der Waals surface area contributed by atoms with Gasteiger partial charge in [-0.15, -0.1) is 0 Å². The minimum atomic E-state index is -1.92. The fraction of sp³-hybridized carbons (Fsp3) is 0.536. The van der Waals surface area contributed by atoms with Crippen molar-refractivity contribution >= 4 is 5.97 Å². The molecule has 5 atom stereocenters. The molecule has 10 nitrogen and oxygen atoms in total. The Labute approximate surface area is 221 Å². The molecule has 2 heterocycles. The van der Waals surface area contributed by atoms with Crippen molar-refractivity contribution in [2.24, 2.45) is 11.8 Å². The fourth-order valence-electron chi connectivity index (χ4n) is 5.37. The van der Waals surface area contributed by atoms with Crippen LogP contribution in [0, 0.1) is 11.8 Å². The SMILES string of the molecule is COc1cc2c(c(OC)c1OC)-c1c3cc4c(c1OC[C@@H](C)[C@](C)(O)C(=O)O[C@@H]2[C@](C)(O)[C@H](C)C3)OCO4. The van der Waals surface area contributed by atoms with Gasteiger partial charge < -0.3 is 43.4 Å². The predicted molar refractivity (Wildman–Crippen MR) is 135 cm³/mol. The van der Waals surface area contributed by atoms with Gasteiger partial charge in [-0.25, -0.2) is 4.79 Å². The largest absolute Gasteiger partial charge is 0.493 e. The second kappa shape index (κ2) is 9.13. The van der Waals surface area contributed by atoms with Crippen LogP contribution < -0.4 is 28.4 Å². The van der Waals surface area contributed by atoms with Gasteiger partial charge in [-0.3, -0.25) is 0 Å². The standard InChI is InChI=1S/C28H34O10/c1-13-8-15-9-18-22(37-12-36-18)24-19(15)20-16(10-17(32-5)21(33-6)23(20)34-7)25(27(13,3)30)38-26(29)28(4,31)14(2)11-35-24/h9-10,13-14,25,30-31H,8,11-12H2,1-7H3/t13-,14-,25+,27-,28+/m1/s1. The van der Waals surface area contributed by atoms with Gasteiger partial charge in [0.25, 0.3) is 0 Å². The van der Waals surface area contributed by atoms with Crippen molar-refractivity contribution in [1.82, 2.24) is 0 Å². The van der Waals surface area contributed by atoms with Crippen molar-refractivity contribution in [1.29, 1.82) is 0 Å². The lowest BCUT2D eigenvalue weighted by atomic mass is 9.73. The monoisotopic (exact) mass is 530 g/mol. The van der Waals surface area contributed by atoms with Crippen LogP contribution in [0.5, 0.6) is 34.5 Å². The Balaban J connectivity index is 1.98. The smallest absolute Gasteiger partial charge is 0.338 e. The molecule has 5 rings (SSSR count). The first-order chi connectivity index (χ1) is 18.0. The van der Waals surface area contributed by atoms with Crippen molar-refractivity contribution in [3.8, 4) is 45.6 Å². The highest BCUT2D eigenvalue weighted by Gasteiger charge is 2.50. The Bertz CT molecular complexity index is 1280. The van der Waals surface area contributed by atoms with Crippen LogP contribution in [0.25, 0.3) is 11.1 Å². The van der Waals surface area contributed by atoms with Crippen molar-refractivity contribution in [2.75, 3.05) is 34.7 Å². The van der Waals surface area contributed by atoms with Crippen molar-refractivity contribution in [3.05, 3.63) is 23.3 Å². The zero-order valence-electron chi connectivity index (χ0n) is 22.7. The normalized spacial score (nSPS) is 29.7. The molecule has 0 saturated heterocycles. The number of methoxy groups -OCH3 is 3. The molecule has 0 aromatic heterocycles. The summed E-state index contributed by atoms with van der Waals surface area (Å²) >= 11 is 0. The second-order valence-corrected chi connectivity index (χ2v) is 10.6. The number of hydrogen-bond donors (Lipinski definition) is 2. The number of carbonyl (C=O) groups is 1. The van der Waals surface area contributed by atoms with E-state index in [2.05, 4.69) is 0 Å². The third kappa shape index (κ3) is 3.72. The number of hydrogen-bond acceptors (Lipinski definition) is 10. The number of esters is 1. The first kappa shape index (κ1) is 26.2. The molecule has 38 heavy (non-hydrogen) atoms. The van der Waals surface area contributed by atoms with Gasteiger partial charge in [0.05, 0.1) is 27.9 Å². The van der Waals surface area contributed by atoms with E-state index in [9.17, 15) is 15.0 Å². The van der Waals surface area contributed by atoms with E-state index in [-0.39, 0.29) is 13.4 Å². The number of benzene rings is 2. The summed E-state index contributed by atoms with van der Waals surface area (Å²) in [6.07, 6.45) is -0.830. The van der Waals surface area contributed by atoms with Gasteiger partial charge in [0, 0.05) is 22.6 Å². The molecular weight excluding hydrogens is 496 g/mol. The fourth-order valence-corrected chi connectivity index (χ4v) is 5.37. The number of aliphatic hydroxyl groups is 2. The highest BCUT2D eigenvalue weighted by atomic mass is 16.7. The maximum absolute atomic E-state index is 13.5. The molecule has 3 aliphatic rings. The lowest BCUT2D eigenvalue weighted by Crippen LogP contribution is -2.49. The van der Waals surface area contributed by atoms with Crippen LogP contribution >= 0.6 is 0 Å². The Morgan fingerprint density at radius 1 is 0.895 bits per heavy atom. The summed E-state index contributed by atoms with van der Waals surface area (Å²) < 4.78 is 41.2. The topological polar surface area (TPSA) is 122 Å². The van der Waals surface area contributed by atoms with Crippen LogP contribution in [0.15, 0.2) is 12.1 Å². The molecule has 2 N–H and O–H groups in total. The Morgan fingerprint density at radius 2 is 1.61 bits per heavy atom. The average molecular weight is 531 g/mol. The summed E-state index contributed by atoms with van der Waals surface area (Å²) in [4.78, 5) is 13.5. The van der Waals surface area contributed by atoms with Crippen molar-refractivity contribution in [3.63, 3.8) is 0 Å². The maximum atomic E-state index is 13.5. The summed E-state index contributed by atoms with van der Waals surface area (Å²) in [6.45, 7) is 6.54. The van der Waals surface area contributed by atoms with E-state index in [0.717, 1.165) is 5.56 Å². The van der Waals surface area contributed by atoms with Crippen LogP contribution in [0.2, 0.25) is 0 Å². The zero-order chi connectivity index (χ0) is 27.6. The summed E-state index contributed by atoms with van der Waals surface area (Å²) in [5.41, 5.74) is -1.15. The molecule has 2 aromatic rings. The molecule has 2 aromatic carbocycles. The number of rotatable bonds is 3. The molecule has 0 saturated carbocycles. The predicted octanol–water partition coefficient (Wildman–Crippen LogP) is 3.42. The summed E-state index contributed by atoms with van der Waals surface area (Å²) in [5.74, 6) is 0.241. The zero-order valence-corrected chi connectivity index (χ0v) is 22.7. The van der Waals surface area contributed by atoms with Gasteiger partial charge in [0.2, 0.25) is 18.3 Å². The third-order valence-electron chi connectivity index (χ3n) is 8.22. The van der Waals surface area contributed by atoms with Crippen LogP contribution in [-0.2, 0) is 16.0 Å². The number of ether oxygens (including phenoxy) is 7. The molecule has 0 fully saturated rings. The summed E-state index contributed by atoms with van der Waals surface area (Å²) in [7, 11) is 4.47. The summed E-state index contributed by atoms with van der Waals surface area (Å²) in [5, 5.41) is 23.3. The van der Waals surface area contributed by atoms with E-state index in [1.807, 2.05) is 13.0 Å². The first-order valence-corrected chi connectivity index (χ1v) is 12.5. The molecule has 0 radical (unpaired) electrons. The molecule has 0 spiro atoms. The van der Waals surface area contributed by atoms with E-state index in [1.165, 1.54) is 28.3 Å². The maximum Gasteiger partial charge on any atom is 0.338 e. The van der Waals surface area contributed by atoms with Crippen LogP contribution in [0.4, 0.5) is 0 Å². The highest BCUT2D eigenvalue weighted by Crippen LogP contribution is 2.59. The van der Waals surface area contributed by atoms with E-state index < -0.39 is 35.1 Å². The lowest BCUT2D eigenvalue weighted by Gasteiger charge is -2.41. The van der Waals surface area contributed by atoms with Gasteiger partial charge in [-0.1, -0.05) is 13.8 Å². The molecular formula is C28H34O10. The molecule has 1 aliphatic carbocycles. The van der Waals surface area contributed by atoms with E-state index in [0.29, 0.717) is 57.6 Å². The van der Waals surface area contributed by atoms with Gasteiger partial charge in [-0.2, -0.15) is 0 Å². The molecule has 206 valence electrons. The van der Waals surface area contributed by atoms with Gasteiger partial charge in [0.15, 0.2) is 34.7 Å². The van der Waals surface area contributed by atoms with Crippen LogP contribution in [0.3, 0.4) is 0 Å². The van der Waals surface area contributed by atoms with Crippen LogP contribution in [-0.4, -0.2) is 62.1 Å². The minimum absolute atomic E-state index is 0.00920. The second-order valence-electron chi connectivity index (χ2n) is 10.6. The van der Waals surface area contributed by atoms with Crippen molar-refractivity contribution in [2.45, 2.75) is 51.4 Å². The quantitative estimate of drug-likeness (QED) is 0.571. The van der Waals surface area contributed by atoms with Crippen LogP contribution in [0.1, 0.15) is 44.9 Å². The van der Waals surface area contributed by atoms with E-state index in [4.69, 9.17) is 33.2 Å². The van der Waals surface area contributed by atoms with E-state index >= 15 is 0 Å². The molecule has 0 amide bonds. The average Bonchev–Trinajstić information content (AvgIpc) is 3.35. The molecule has 2 bridgehead atoms. The minimum Gasteiger partial charge on any atom is -0.493 e. The third-order valence-corrected chi connectivity index (χ3v) is 8.22. The number of fused-ring (bicyclic) bond motifs is 2. The molecule has 10 heteroatoms. The lowest BCUT2D eigenvalue weighted by molar-refractivity contribution is -0.194. The van der Waals surface area contributed by atoms with Crippen molar-refractivity contribution < 1.29 is 48.2 Å². The Hall–Kier alpha value is -3.37. The molecule has 2 aliphatic heterocycles. The Morgan fingerprint density at radius 3 is 2.26 bits per heavy atom. The highest BCUT2D eigenvalue weighted by molar-refractivity contribution is 5.89. The number of carbonyl (C=O) groups excluding carboxylic acids is 1. The van der Waals surface area contributed by atoms with Gasteiger partial charge in [-0.05, 0) is 43.9 Å². The van der Waals surface area contributed by atoms with E-state index in [1.54, 1.807) is 19.9 Å². The summed E-state index contributed by atoms with van der Waals surface area (Å²) in [6, 6.07) is 3.54. The first-order valence-electron chi connectivity index (χ1n) is 12.5. The van der Waals surface area contributed by atoms with Gasteiger partial charge in [0.1, 0.15) is 5.60 Å².